The average molecular weight is 246 g/mol. The minimum atomic E-state index is -1.10. The van der Waals surface area contributed by atoms with E-state index in [1.807, 2.05) is 6.92 Å². The SMILES string of the molecule is CCC[C@@H](NC(=O)NC(C)C(=O)OC)C(=O)O. The van der Waals surface area contributed by atoms with Gasteiger partial charge in [-0.05, 0) is 13.3 Å². The number of amides is 2. The van der Waals surface area contributed by atoms with E-state index in [2.05, 4.69) is 15.4 Å². The maximum atomic E-state index is 11.4. The first-order valence-electron chi connectivity index (χ1n) is 5.30. The van der Waals surface area contributed by atoms with Crippen LogP contribution in [-0.4, -0.2) is 42.3 Å². The number of carboxylic acids is 1. The van der Waals surface area contributed by atoms with Gasteiger partial charge in [0, 0.05) is 0 Å². The molecule has 0 heterocycles. The van der Waals surface area contributed by atoms with Crippen LogP contribution in [0.3, 0.4) is 0 Å². The molecule has 1 unspecified atom stereocenters. The maximum absolute atomic E-state index is 11.4. The molecule has 0 aliphatic rings. The minimum Gasteiger partial charge on any atom is -0.480 e. The van der Waals surface area contributed by atoms with Gasteiger partial charge in [-0.1, -0.05) is 13.3 Å². The van der Waals surface area contributed by atoms with Crippen molar-refractivity contribution in [2.75, 3.05) is 7.11 Å². The number of esters is 1. The van der Waals surface area contributed by atoms with Crippen molar-refractivity contribution >= 4 is 18.0 Å². The molecule has 0 aromatic rings. The van der Waals surface area contributed by atoms with Gasteiger partial charge in [0.2, 0.25) is 0 Å². The van der Waals surface area contributed by atoms with Gasteiger partial charge >= 0.3 is 18.0 Å². The van der Waals surface area contributed by atoms with Gasteiger partial charge in [0.05, 0.1) is 7.11 Å². The second kappa shape index (κ2) is 7.48. The van der Waals surface area contributed by atoms with Crippen molar-refractivity contribution in [2.24, 2.45) is 0 Å². The molecule has 98 valence electrons. The highest BCUT2D eigenvalue weighted by molar-refractivity contribution is 5.86. The van der Waals surface area contributed by atoms with Gasteiger partial charge in [-0.2, -0.15) is 0 Å². The lowest BCUT2D eigenvalue weighted by Crippen LogP contribution is -2.50. The molecule has 0 aromatic carbocycles. The van der Waals surface area contributed by atoms with Crippen LogP contribution in [0.1, 0.15) is 26.7 Å². The van der Waals surface area contributed by atoms with E-state index in [1.54, 1.807) is 0 Å². The van der Waals surface area contributed by atoms with E-state index in [1.165, 1.54) is 14.0 Å². The van der Waals surface area contributed by atoms with Crippen LogP contribution in [0.2, 0.25) is 0 Å². The lowest BCUT2D eigenvalue weighted by molar-refractivity contribution is -0.142. The van der Waals surface area contributed by atoms with E-state index in [0.717, 1.165) is 0 Å². The Hall–Kier alpha value is -1.79. The third kappa shape index (κ3) is 5.74. The number of aliphatic carboxylic acids is 1. The van der Waals surface area contributed by atoms with Gasteiger partial charge in [-0.15, -0.1) is 0 Å². The smallest absolute Gasteiger partial charge is 0.328 e. The number of carbonyl (C=O) groups is 3. The largest absolute Gasteiger partial charge is 0.480 e. The summed E-state index contributed by atoms with van der Waals surface area (Å²) in [5.41, 5.74) is 0. The van der Waals surface area contributed by atoms with Crippen molar-refractivity contribution in [2.45, 2.75) is 38.8 Å². The van der Waals surface area contributed by atoms with Crippen LogP contribution in [0.25, 0.3) is 0 Å². The molecule has 0 aromatic heterocycles. The molecule has 0 fully saturated rings. The Morgan fingerprint density at radius 3 is 2.29 bits per heavy atom. The quantitative estimate of drug-likeness (QED) is 0.576. The number of rotatable bonds is 6. The fourth-order valence-electron chi connectivity index (χ4n) is 1.18. The molecule has 2 atom stereocenters. The summed E-state index contributed by atoms with van der Waals surface area (Å²) in [6.07, 6.45) is 0.958. The average Bonchev–Trinajstić information content (AvgIpc) is 2.26. The van der Waals surface area contributed by atoms with Crippen molar-refractivity contribution in [3.05, 3.63) is 0 Å². The monoisotopic (exact) mass is 246 g/mol. The highest BCUT2D eigenvalue weighted by atomic mass is 16.5. The van der Waals surface area contributed by atoms with Gasteiger partial charge in [-0.3, -0.25) is 0 Å². The second-order valence-electron chi connectivity index (χ2n) is 3.54. The van der Waals surface area contributed by atoms with Crippen molar-refractivity contribution in [3.63, 3.8) is 0 Å². The third-order valence-corrected chi connectivity index (χ3v) is 2.08. The molecule has 0 bridgehead atoms. The molecule has 7 nitrogen and oxygen atoms in total. The van der Waals surface area contributed by atoms with E-state index >= 15 is 0 Å². The Kier molecular flexibility index (Phi) is 6.69. The van der Waals surface area contributed by atoms with Crippen LogP contribution < -0.4 is 10.6 Å². The summed E-state index contributed by atoms with van der Waals surface area (Å²) in [5, 5.41) is 13.4. The Morgan fingerprint density at radius 2 is 1.88 bits per heavy atom. The second-order valence-corrected chi connectivity index (χ2v) is 3.54. The molecular formula is C10H18N2O5. The van der Waals surface area contributed by atoms with Crippen molar-refractivity contribution in [1.82, 2.24) is 10.6 Å². The third-order valence-electron chi connectivity index (χ3n) is 2.08. The first-order valence-corrected chi connectivity index (χ1v) is 5.30. The standard InChI is InChI=1S/C10H18N2O5/c1-4-5-7(8(13)14)12-10(16)11-6(2)9(15)17-3/h6-7H,4-5H2,1-3H3,(H,13,14)(H2,11,12,16)/t6?,7-/m1/s1. The number of urea groups is 1. The zero-order valence-corrected chi connectivity index (χ0v) is 10.1. The molecule has 0 aliphatic carbocycles. The van der Waals surface area contributed by atoms with Crippen molar-refractivity contribution in [1.29, 1.82) is 0 Å². The molecule has 3 N–H and O–H groups in total. The van der Waals surface area contributed by atoms with E-state index < -0.39 is 30.1 Å². The van der Waals surface area contributed by atoms with Crippen LogP contribution in [-0.2, 0) is 14.3 Å². The highest BCUT2D eigenvalue weighted by Crippen LogP contribution is 1.97. The predicted octanol–water partition coefficient (Wildman–Crippen LogP) is 0.100. The topological polar surface area (TPSA) is 105 Å². The van der Waals surface area contributed by atoms with Gasteiger partial charge in [-0.25, -0.2) is 14.4 Å². The molecule has 0 radical (unpaired) electrons. The number of ether oxygens (including phenoxy) is 1. The number of carbonyl (C=O) groups excluding carboxylic acids is 2. The van der Waals surface area contributed by atoms with Gasteiger partial charge in [0.1, 0.15) is 12.1 Å². The minimum absolute atomic E-state index is 0.329. The summed E-state index contributed by atoms with van der Waals surface area (Å²) >= 11 is 0. The van der Waals surface area contributed by atoms with Crippen molar-refractivity contribution in [3.8, 4) is 0 Å². The first kappa shape index (κ1) is 15.2. The summed E-state index contributed by atoms with van der Waals surface area (Å²) in [5.74, 6) is -1.70. The maximum Gasteiger partial charge on any atom is 0.328 e. The van der Waals surface area contributed by atoms with Crippen LogP contribution in [0, 0.1) is 0 Å². The van der Waals surface area contributed by atoms with Crippen LogP contribution >= 0.6 is 0 Å². The summed E-state index contributed by atoms with van der Waals surface area (Å²) in [7, 11) is 1.20. The van der Waals surface area contributed by atoms with Crippen LogP contribution in [0.15, 0.2) is 0 Å². The number of methoxy groups -OCH3 is 1. The molecule has 0 aliphatic heterocycles. The fourth-order valence-corrected chi connectivity index (χ4v) is 1.18. The molecule has 7 heteroatoms. The Bertz CT molecular complexity index is 292. The summed E-state index contributed by atoms with van der Waals surface area (Å²) in [4.78, 5) is 33.1. The molecule has 0 rings (SSSR count). The Morgan fingerprint density at radius 1 is 1.29 bits per heavy atom. The Balaban J connectivity index is 4.23. The van der Waals surface area contributed by atoms with E-state index in [4.69, 9.17) is 5.11 Å². The number of carboxylic acid groups (broad SMARTS) is 1. The van der Waals surface area contributed by atoms with Crippen LogP contribution in [0.5, 0.6) is 0 Å². The summed E-state index contributed by atoms with van der Waals surface area (Å²) < 4.78 is 4.42. The van der Waals surface area contributed by atoms with E-state index in [0.29, 0.717) is 12.8 Å². The van der Waals surface area contributed by atoms with Crippen molar-refractivity contribution < 1.29 is 24.2 Å². The summed E-state index contributed by atoms with van der Waals surface area (Å²) in [6.45, 7) is 3.26. The lowest BCUT2D eigenvalue weighted by atomic mass is 10.2. The molecule has 0 saturated heterocycles. The zero-order valence-electron chi connectivity index (χ0n) is 10.1. The number of nitrogens with one attached hydrogen (secondary N) is 2. The van der Waals surface area contributed by atoms with Crippen LogP contribution in [0.4, 0.5) is 4.79 Å². The van der Waals surface area contributed by atoms with Gasteiger partial charge < -0.3 is 20.5 Å². The van der Waals surface area contributed by atoms with Gasteiger partial charge in [0.15, 0.2) is 0 Å². The number of hydrogen-bond donors (Lipinski definition) is 3. The zero-order chi connectivity index (χ0) is 13.4. The highest BCUT2D eigenvalue weighted by Gasteiger charge is 2.21. The molecule has 2 amide bonds. The van der Waals surface area contributed by atoms with E-state index in [9.17, 15) is 14.4 Å². The lowest BCUT2D eigenvalue weighted by Gasteiger charge is -2.16. The normalized spacial score (nSPS) is 13.4. The first-order chi connectivity index (χ1) is 7.92. The molecular weight excluding hydrogens is 228 g/mol. The summed E-state index contributed by atoms with van der Waals surface area (Å²) in [6, 6.07) is -2.48. The Labute approximate surface area is 99.5 Å². The molecule has 0 saturated carbocycles. The van der Waals surface area contributed by atoms with E-state index in [-0.39, 0.29) is 0 Å². The predicted molar refractivity (Wildman–Crippen MR) is 59.5 cm³/mol. The number of hydrogen-bond acceptors (Lipinski definition) is 4. The fraction of sp³-hybridized carbons (Fsp3) is 0.700. The molecule has 0 spiro atoms. The van der Waals surface area contributed by atoms with Gasteiger partial charge in [0.25, 0.3) is 0 Å². The molecule has 17 heavy (non-hydrogen) atoms.